The lowest BCUT2D eigenvalue weighted by atomic mass is 10.00. The zero-order chi connectivity index (χ0) is 15.9. The van der Waals surface area contributed by atoms with E-state index in [-0.39, 0.29) is 6.04 Å². The van der Waals surface area contributed by atoms with Gasteiger partial charge in [-0.25, -0.2) is 0 Å². The van der Waals surface area contributed by atoms with Crippen molar-refractivity contribution in [1.82, 2.24) is 4.72 Å². The minimum Gasteiger partial charge on any atom is -0.252 e. The fourth-order valence-corrected chi connectivity index (χ4v) is 3.28. The van der Waals surface area contributed by atoms with Crippen LogP contribution in [0.4, 0.5) is 0 Å². The highest BCUT2D eigenvalue weighted by Gasteiger charge is 2.12. The molecule has 0 saturated heterocycles. The van der Waals surface area contributed by atoms with E-state index < -0.39 is 0 Å². The summed E-state index contributed by atoms with van der Waals surface area (Å²) in [5, 5.41) is 0. The van der Waals surface area contributed by atoms with E-state index in [4.69, 9.17) is 0 Å². The zero-order valence-electron chi connectivity index (χ0n) is 13.3. The Morgan fingerprint density at radius 2 is 1.39 bits per heavy atom. The van der Waals surface area contributed by atoms with Gasteiger partial charge in [0, 0.05) is 10.9 Å². The van der Waals surface area contributed by atoms with Crippen molar-refractivity contribution in [2.24, 2.45) is 0 Å². The molecule has 1 nitrogen and oxygen atoms in total. The van der Waals surface area contributed by atoms with E-state index in [1.165, 1.54) is 21.6 Å². The Labute approximate surface area is 142 Å². The minimum absolute atomic E-state index is 0.282. The van der Waals surface area contributed by atoms with Crippen LogP contribution in [0.3, 0.4) is 0 Å². The van der Waals surface area contributed by atoms with Gasteiger partial charge in [0.15, 0.2) is 0 Å². The molecule has 3 rings (SSSR count). The Balaban J connectivity index is 1.74. The zero-order valence-corrected chi connectivity index (χ0v) is 14.1. The first kappa shape index (κ1) is 15.9. The molecule has 0 aliphatic rings. The van der Waals surface area contributed by atoms with E-state index in [0.717, 1.165) is 6.42 Å². The molecule has 23 heavy (non-hydrogen) atoms. The van der Waals surface area contributed by atoms with Crippen LogP contribution >= 0.6 is 11.9 Å². The average Bonchev–Trinajstić information content (AvgIpc) is 2.61. The molecule has 0 heterocycles. The van der Waals surface area contributed by atoms with Crippen LogP contribution in [0.5, 0.6) is 0 Å². The van der Waals surface area contributed by atoms with Crippen molar-refractivity contribution < 1.29 is 0 Å². The number of rotatable bonds is 6. The van der Waals surface area contributed by atoms with E-state index in [1.807, 2.05) is 0 Å². The second-order valence-corrected chi connectivity index (χ2v) is 6.60. The molecule has 0 radical (unpaired) electrons. The molecule has 3 aromatic rings. The molecule has 116 valence electrons. The van der Waals surface area contributed by atoms with E-state index in [9.17, 15) is 0 Å². The Morgan fingerprint density at radius 1 is 0.783 bits per heavy atom. The Kier molecular flexibility index (Phi) is 5.51. The van der Waals surface area contributed by atoms with Crippen molar-refractivity contribution in [2.75, 3.05) is 0 Å². The third kappa shape index (κ3) is 4.72. The van der Waals surface area contributed by atoms with Crippen molar-refractivity contribution in [3.05, 3.63) is 102 Å². The topological polar surface area (TPSA) is 12.0 Å². The van der Waals surface area contributed by atoms with Gasteiger partial charge < -0.3 is 0 Å². The van der Waals surface area contributed by atoms with Crippen LogP contribution in [0.15, 0.2) is 89.8 Å². The standard InChI is InChI=1S/C21H21NS/c1-17-12-14-20(15-13-17)23-22-21(19-10-6-3-7-11-19)16-18-8-4-2-5-9-18/h2-15,21-22H,16H2,1H3. The van der Waals surface area contributed by atoms with Crippen molar-refractivity contribution in [3.8, 4) is 0 Å². The Bertz CT molecular complexity index is 708. The summed E-state index contributed by atoms with van der Waals surface area (Å²) in [6.45, 7) is 2.12. The van der Waals surface area contributed by atoms with Gasteiger partial charge in [-0.3, -0.25) is 4.72 Å². The summed E-state index contributed by atoms with van der Waals surface area (Å²) in [5.74, 6) is 0. The number of nitrogens with one attached hydrogen (secondary N) is 1. The molecule has 0 spiro atoms. The van der Waals surface area contributed by atoms with Crippen LogP contribution < -0.4 is 4.72 Å². The van der Waals surface area contributed by atoms with E-state index in [0.29, 0.717) is 0 Å². The molecule has 0 aliphatic carbocycles. The highest BCUT2D eigenvalue weighted by molar-refractivity contribution is 7.97. The lowest BCUT2D eigenvalue weighted by Gasteiger charge is -2.19. The summed E-state index contributed by atoms with van der Waals surface area (Å²) >= 11 is 1.70. The largest absolute Gasteiger partial charge is 0.252 e. The summed E-state index contributed by atoms with van der Waals surface area (Å²) in [7, 11) is 0. The molecule has 0 saturated carbocycles. The molecule has 0 aliphatic heterocycles. The maximum Gasteiger partial charge on any atom is 0.0465 e. The molecule has 0 bridgehead atoms. The molecule has 3 aromatic carbocycles. The monoisotopic (exact) mass is 319 g/mol. The van der Waals surface area contributed by atoms with Gasteiger partial charge in [-0.15, -0.1) is 0 Å². The van der Waals surface area contributed by atoms with Crippen LogP contribution in [0.25, 0.3) is 0 Å². The van der Waals surface area contributed by atoms with Gasteiger partial charge in [0.25, 0.3) is 0 Å². The van der Waals surface area contributed by atoms with Crippen molar-refractivity contribution in [3.63, 3.8) is 0 Å². The fourth-order valence-electron chi connectivity index (χ4n) is 2.51. The molecule has 0 fully saturated rings. The number of hydrogen-bond acceptors (Lipinski definition) is 2. The van der Waals surface area contributed by atoms with Gasteiger partial charge in [-0.1, -0.05) is 78.4 Å². The normalized spacial score (nSPS) is 12.0. The molecular weight excluding hydrogens is 298 g/mol. The smallest absolute Gasteiger partial charge is 0.0465 e. The molecule has 0 amide bonds. The lowest BCUT2D eigenvalue weighted by Crippen LogP contribution is -2.16. The number of aryl methyl sites for hydroxylation is 1. The molecule has 2 heteroatoms. The molecule has 0 aromatic heterocycles. The average molecular weight is 319 g/mol. The van der Waals surface area contributed by atoms with Gasteiger partial charge in [0.05, 0.1) is 0 Å². The molecular formula is C21H21NS. The maximum atomic E-state index is 3.64. The minimum atomic E-state index is 0.282. The second kappa shape index (κ2) is 8.00. The van der Waals surface area contributed by atoms with E-state index >= 15 is 0 Å². The fraction of sp³-hybridized carbons (Fsp3) is 0.143. The van der Waals surface area contributed by atoms with Crippen LogP contribution in [0.1, 0.15) is 22.7 Å². The van der Waals surface area contributed by atoms with Gasteiger partial charge in [0.2, 0.25) is 0 Å². The summed E-state index contributed by atoms with van der Waals surface area (Å²) in [4.78, 5) is 1.24. The van der Waals surface area contributed by atoms with Gasteiger partial charge in [-0.05, 0) is 48.6 Å². The van der Waals surface area contributed by atoms with Gasteiger partial charge in [0.1, 0.15) is 0 Å². The summed E-state index contributed by atoms with van der Waals surface area (Å²) in [6, 6.07) is 30.2. The summed E-state index contributed by atoms with van der Waals surface area (Å²) in [6.07, 6.45) is 0.976. The SMILES string of the molecule is Cc1ccc(SNC(Cc2ccccc2)c2ccccc2)cc1. The van der Waals surface area contributed by atoms with Gasteiger partial charge in [-0.2, -0.15) is 0 Å². The molecule has 1 N–H and O–H groups in total. The highest BCUT2D eigenvalue weighted by atomic mass is 32.2. The molecule has 1 atom stereocenters. The Morgan fingerprint density at radius 3 is 2.04 bits per heavy atom. The Hall–Kier alpha value is -2.03. The van der Waals surface area contributed by atoms with Crippen LogP contribution in [0.2, 0.25) is 0 Å². The van der Waals surface area contributed by atoms with Crippen molar-refractivity contribution in [2.45, 2.75) is 24.3 Å². The molecule has 1 unspecified atom stereocenters. The number of hydrogen-bond donors (Lipinski definition) is 1. The number of benzene rings is 3. The first-order chi connectivity index (χ1) is 11.3. The van der Waals surface area contributed by atoms with Crippen molar-refractivity contribution in [1.29, 1.82) is 0 Å². The van der Waals surface area contributed by atoms with E-state index in [2.05, 4.69) is 96.6 Å². The van der Waals surface area contributed by atoms with Crippen LogP contribution in [0, 0.1) is 6.92 Å². The quantitative estimate of drug-likeness (QED) is 0.596. The summed E-state index contributed by atoms with van der Waals surface area (Å²) < 4.78 is 3.64. The second-order valence-electron chi connectivity index (χ2n) is 5.69. The third-order valence-corrected chi connectivity index (χ3v) is 4.73. The van der Waals surface area contributed by atoms with Crippen molar-refractivity contribution >= 4 is 11.9 Å². The lowest BCUT2D eigenvalue weighted by molar-refractivity contribution is 0.672. The van der Waals surface area contributed by atoms with Crippen LogP contribution in [-0.2, 0) is 6.42 Å². The predicted octanol–water partition coefficient (Wildman–Crippen LogP) is 5.58. The maximum absolute atomic E-state index is 3.64. The summed E-state index contributed by atoms with van der Waals surface area (Å²) in [5.41, 5.74) is 3.95. The van der Waals surface area contributed by atoms with Gasteiger partial charge >= 0.3 is 0 Å². The highest BCUT2D eigenvalue weighted by Crippen LogP contribution is 2.24. The third-order valence-electron chi connectivity index (χ3n) is 3.82. The first-order valence-electron chi connectivity index (χ1n) is 7.89. The first-order valence-corrected chi connectivity index (χ1v) is 8.71. The van der Waals surface area contributed by atoms with Crippen LogP contribution in [-0.4, -0.2) is 0 Å². The van der Waals surface area contributed by atoms with E-state index in [1.54, 1.807) is 11.9 Å². The predicted molar refractivity (Wildman–Crippen MR) is 99.5 cm³/mol.